The number of ether oxygens (including phenoxy) is 1. The van der Waals surface area contributed by atoms with Crippen molar-refractivity contribution in [1.29, 1.82) is 0 Å². The molecule has 0 unspecified atom stereocenters. The molecule has 1 aliphatic heterocycles. The molecule has 2 heterocycles. The van der Waals surface area contributed by atoms with Gasteiger partial charge in [-0.05, 0) is 60.7 Å². The minimum atomic E-state index is -0.905. The molecule has 0 aliphatic carbocycles. The van der Waals surface area contributed by atoms with Gasteiger partial charge in [0, 0.05) is 16.9 Å². The molecule has 0 bridgehead atoms. The SMILES string of the molecule is O=C1NC(=O)N(c2ccc(F)cc2)C(=O)C1=Cc1cccn1CCOc1ccc(Cl)cc1Cl. The van der Waals surface area contributed by atoms with Crippen LogP contribution in [0.4, 0.5) is 14.9 Å². The Morgan fingerprint density at radius 3 is 2.52 bits per heavy atom. The van der Waals surface area contributed by atoms with E-state index in [9.17, 15) is 18.8 Å². The molecule has 10 heteroatoms. The van der Waals surface area contributed by atoms with Gasteiger partial charge >= 0.3 is 6.03 Å². The molecule has 1 aliphatic rings. The highest BCUT2D eigenvalue weighted by Gasteiger charge is 2.37. The molecule has 33 heavy (non-hydrogen) atoms. The number of aromatic nitrogens is 1. The zero-order chi connectivity index (χ0) is 23.5. The minimum Gasteiger partial charge on any atom is -0.490 e. The van der Waals surface area contributed by atoms with Crippen LogP contribution in [-0.4, -0.2) is 29.0 Å². The van der Waals surface area contributed by atoms with Crippen molar-refractivity contribution in [2.45, 2.75) is 6.54 Å². The highest BCUT2D eigenvalue weighted by atomic mass is 35.5. The number of nitrogens with one attached hydrogen (secondary N) is 1. The van der Waals surface area contributed by atoms with E-state index >= 15 is 0 Å². The van der Waals surface area contributed by atoms with Crippen LogP contribution >= 0.6 is 23.2 Å². The number of carbonyl (C=O) groups is 3. The maximum Gasteiger partial charge on any atom is 0.335 e. The zero-order valence-corrected chi connectivity index (χ0v) is 18.4. The molecule has 0 atom stereocenters. The molecule has 1 saturated heterocycles. The van der Waals surface area contributed by atoms with Gasteiger partial charge in [-0.1, -0.05) is 23.2 Å². The third-order valence-corrected chi connectivity index (χ3v) is 5.36. The Balaban J connectivity index is 1.53. The number of halogens is 3. The van der Waals surface area contributed by atoms with Crippen molar-refractivity contribution in [2.24, 2.45) is 0 Å². The summed E-state index contributed by atoms with van der Waals surface area (Å²) in [6.45, 7) is 0.647. The van der Waals surface area contributed by atoms with Gasteiger partial charge in [0.2, 0.25) is 0 Å². The highest BCUT2D eigenvalue weighted by Crippen LogP contribution is 2.27. The number of imide groups is 2. The van der Waals surface area contributed by atoms with Crippen LogP contribution in [0.1, 0.15) is 5.69 Å². The van der Waals surface area contributed by atoms with E-state index < -0.39 is 23.7 Å². The fourth-order valence-electron chi connectivity index (χ4n) is 3.24. The molecule has 1 fully saturated rings. The lowest BCUT2D eigenvalue weighted by Crippen LogP contribution is -2.54. The number of urea groups is 1. The van der Waals surface area contributed by atoms with Crippen LogP contribution in [0, 0.1) is 5.82 Å². The van der Waals surface area contributed by atoms with Gasteiger partial charge in [0.05, 0.1) is 17.3 Å². The normalized spacial score (nSPS) is 15.2. The Labute approximate surface area is 198 Å². The smallest absolute Gasteiger partial charge is 0.335 e. The lowest BCUT2D eigenvalue weighted by atomic mass is 10.1. The molecule has 4 amide bonds. The summed E-state index contributed by atoms with van der Waals surface area (Å²) in [5.74, 6) is -1.67. The molecule has 168 valence electrons. The maximum atomic E-state index is 13.2. The Hall–Kier alpha value is -3.62. The average molecular weight is 488 g/mol. The summed E-state index contributed by atoms with van der Waals surface area (Å²) in [5, 5.41) is 3.01. The number of carbonyl (C=O) groups excluding carboxylic acids is 3. The molecule has 0 saturated carbocycles. The number of rotatable bonds is 6. The first-order valence-electron chi connectivity index (χ1n) is 9.73. The predicted octanol–water partition coefficient (Wildman–Crippen LogP) is 4.68. The van der Waals surface area contributed by atoms with Gasteiger partial charge in [0.25, 0.3) is 11.8 Å². The zero-order valence-electron chi connectivity index (χ0n) is 16.9. The summed E-state index contributed by atoms with van der Waals surface area (Å²) in [4.78, 5) is 38.4. The number of hydrogen-bond donors (Lipinski definition) is 1. The molecular weight excluding hydrogens is 472 g/mol. The number of hydrogen-bond acceptors (Lipinski definition) is 4. The first-order valence-corrected chi connectivity index (χ1v) is 10.5. The molecule has 3 aromatic rings. The fraction of sp³-hybridized carbons (Fsp3) is 0.0870. The fourth-order valence-corrected chi connectivity index (χ4v) is 3.70. The second-order valence-corrected chi connectivity index (χ2v) is 7.83. The average Bonchev–Trinajstić information content (AvgIpc) is 3.21. The van der Waals surface area contributed by atoms with Gasteiger partial charge in [-0.2, -0.15) is 0 Å². The first kappa shape index (κ1) is 22.6. The van der Waals surface area contributed by atoms with Gasteiger partial charge in [-0.15, -0.1) is 0 Å². The van der Waals surface area contributed by atoms with E-state index in [1.54, 1.807) is 41.1 Å². The van der Waals surface area contributed by atoms with E-state index in [-0.39, 0.29) is 17.9 Å². The summed E-state index contributed by atoms with van der Waals surface area (Å²) < 4.78 is 20.7. The molecular formula is C23H16Cl2FN3O4. The van der Waals surface area contributed by atoms with Crippen LogP contribution in [-0.2, 0) is 16.1 Å². The van der Waals surface area contributed by atoms with Crippen molar-refractivity contribution in [3.8, 4) is 5.75 Å². The Kier molecular flexibility index (Phi) is 6.48. The van der Waals surface area contributed by atoms with Gasteiger partial charge < -0.3 is 9.30 Å². The van der Waals surface area contributed by atoms with Crippen molar-refractivity contribution in [3.63, 3.8) is 0 Å². The molecule has 1 aromatic heterocycles. The molecule has 4 rings (SSSR count). The Morgan fingerprint density at radius 1 is 1.03 bits per heavy atom. The summed E-state index contributed by atoms with van der Waals surface area (Å²) in [5.41, 5.74) is 0.453. The number of benzene rings is 2. The first-order chi connectivity index (χ1) is 15.8. The van der Waals surface area contributed by atoms with E-state index in [0.29, 0.717) is 28.0 Å². The Bertz CT molecular complexity index is 1270. The Morgan fingerprint density at radius 2 is 1.79 bits per heavy atom. The van der Waals surface area contributed by atoms with E-state index in [1.165, 1.54) is 18.2 Å². The monoisotopic (exact) mass is 487 g/mol. The van der Waals surface area contributed by atoms with E-state index in [0.717, 1.165) is 17.0 Å². The summed E-state index contributed by atoms with van der Waals surface area (Å²) in [6, 6.07) is 12.2. The number of barbiturate groups is 1. The van der Waals surface area contributed by atoms with Crippen molar-refractivity contribution < 1.29 is 23.5 Å². The maximum absolute atomic E-state index is 13.2. The second kappa shape index (κ2) is 9.48. The third kappa shape index (κ3) is 4.92. The third-order valence-electron chi connectivity index (χ3n) is 4.83. The van der Waals surface area contributed by atoms with Crippen molar-refractivity contribution in [2.75, 3.05) is 11.5 Å². The van der Waals surface area contributed by atoms with Gasteiger partial charge in [0.15, 0.2) is 0 Å². The summed E-state index contributed by atoms with van der Waals surface area (Å²) >= 11 is 12.0. The van der Waals surface area contributed by atoms with Crippen LogP contribution in [0.25, 0.3) is 6.08 Å². The second-order valence-electron chi connectivity index (χ2n) is 6.98. The minimum absolute atomic E-state index is 0.140. The lowest BCUT2D eigenvalue weighted by molar-refractivity contribution is -0.122. The largest absolute Gasteiger partial charge is 0.490 e. The highest BCUT2D eigenvalue weighted by molar-refractivity contribution is 6.39. The van der Waals surface area contributed by atoms with E-state index in [2.05, 4.69) is 5.32 Å². The van der Waals surface area contributed by atoms with Gasteiger partial charge in [-0.3, -0.25) is 14.9 Å². The van der Waals surface area contributed by atoms with Crippen molar-refractivity contribution in [3.05, 3.63) is 87.9 Å². The van der Waals surface area contributed by atoms with Crippen LogP contribution in [0.5, 0.6) is 5.75 Å². The van der Waals surface area contributed by atoms with Crippen molar-refractivity contribution >= 4 is 52.8 Å². The lowest BCUT2D eigenvalue weighted by Gasteiger charge is -2.26. The summed E-state index contributed by atoms with van der Waals surface area (Å²) in [6.07, 6.45) is 3.14. The standard InChI is InChI=1S/C23H16Cl2FN3O4/c24-14-3-8-20(19(25)12-14)33-11-10-28-9-1-2-17(28)13-18-21(30)27-23(32)29(22(18)31)16-6-4-15(26)5-7-16/h1-9,12-13H,10-11H2,(H,27,30,32). The topological polar surface area (TPSA) is 80.6 Å². The van der Waals surface area contributed by atoms with Crippen LogP contribution in [0.15, 0.2) is 66.4 Å². The van der Waals surface area contributed by atoms with Crippen LogP contribution in [0.2, 0.25) is 10.0 Å². The quantitative estimate of drug-likeness (QED) is 0.404. The van der Waals surface area contributed by atoms with Gasteiger partial charge in [0.1, 0.15) is 23.7 Å². The molecule has 0 spiro atoms. The number of amides is 4. The summed E-state index contributed by atoms with van der Waals surface area (Å²) in [7, 11) is 0. The van der Waals surface area contributed by atoms with Crippen LogP contribution < -0.4 is 15.0 Å². The predicted molar refractivity (Wildman–Crippen MR) is 122 cm³/mol. The molecule has 0 radical (unpaired) electrons. The van der Waals surface area contributed by atoms with Crippen LogP contribution in [0.3, 0.4) is 0 Å². The molecule has 1 N–H and O–H groups in total. The number of anilines is 1. The number of nitrogens with zero attached hydrogens (tertiary/aromatic N) is 2. The van der Waals surface area contributed by atoms with Gasteiger partial charge in [-0.25, -0.2) is 14.1 Å². The van der Waals surface area contributed by atoms with E-state index in [1.807, 2.05) is 0 Å². The van der Waals surface area contributed by atoms with Crippen molar-refractivity contribution in [1.82, 2.24) is 9.88 Å². The molecule has 2 aromatic carbocycles. The van der Waals surface area contributed by atoms with E-state index in [4.69, 9.17) is 27.9 Å². The molecule has 7 nitrogen and oxygen atoms in total.